The van der Waals surface area contributed by atoms with Gasteiger partial charge in [-0.25, -0.2) is 4.39 Å². The fraction of sp³-hybridized carbons (Fsp3) is 0.625. The van der Waals surface area contributed by atoms with Crippen LogP contribution in [0.2, 0.25) is 0 Å². The van der Waals surface area contributed by atoms with Crippen LogP contribution in [-0.4, -0.2) is 12.2 Å². The van der Waals surface area contributed by atoms with Crippen LogP contribution in [0.15, 0.2) is 24.3 Å². The number of halogens is 1. The standard InChI is InChI=1S/C16H23FN2O/c17-14-5-3-4-12(10-14)15(19-18)13-6-9-20-16(11-13)7-1-2-8-16/h3-5,10,13,15,19H,1-2,6-9,11,18H2. The smallest absolute Gasteiger partial charge is 0.123 e. The first-order valence-electron chi connectivity index (χ1n) is 7.58. The second kappa shape index (κ2) is 5.80. The lowest BCUT2D eigenvalue weighted by molar-refractivity contribution is -0.0982. The van der Waals surface area contributed by atoms with Crippen molar-refractivity contribution in [1.29, 1.82) is 0 Å². The molecule has 1 aromatic carbocycles. The molecule has 1 aromatic rings. The molecule has 1 heterocycles. The van der Waals surface area contributed by atoms with E-state index in [0.717, 1.165) is 37.9 Å². The van der Waals surface area contributed by atoms with Crippen LogP contribution >= 0.6 is 0 Å². The average Bonchev–Trinajstić information content (AvgIpc) is 2.88. The molecule has 3 N–H and O–H groups in total. The molecule has 3 nitrogen and oxygen atoms in total. The quantitative estimate of drug-likeness (QED) is 0.660. The number of hydrazine groups is 1. The summed E-state index contributed by atoms with van der Waals surface area (Å²) in [6, 6.07) is 6.76. The summed E-state index contributed by atoms with van der Waals surface area (Å²) in [7, 11) is 0. The van der Waals surface area contributed by atoms with E-state index in [1.165, 1.54) is 18.9 Å². The van der Waals surface area contributed by atoms with E-state index >= 15 is 0 Å². The summed E-state index contributed by atoms with van der Waals surface area (Å²) in [5.74, 6) is 5.97. The summed E-state index contributed by atoms with van der Waals surface area (Å²) in [6.45, 7) is 0.790. The second-order valence-corrected chi connectivity index (χ2v) is 6.19. The molecule has 2 unspecified atom stereocenters. The van der Waals surface area contributed by atoms with Gasteiger partial charge in [0.15, 0.2) is 0 Å². The summed E-state index contributed by atoms with van der Waals surface area (Å²) < 4.78 is 19.5. The Morgan fingerprint density at radius 2 is 2.15 bits per heavy atom. The molecule has 4 heteroatoms. The van der Waals surface area contributed by atoms with Gasteiger partial charge in [0.05, 0.1) is 5.60 Å². The summed E-state index contributed by atoms with van der Waals surface area (Å²) in [4.78, 5) is 0. The normalized spacial score (nSPS) is 26.8. The van der Waals surface area contributed by atoms with Crippen LogP contribution in [0.1, 0.15) is 50.1 Å². The number of rotatable bonds is 3. The predicted molar refractivity (Wildman–Crippen MR) is 76.3 cm³/mol. The van der Waals surface area contributed by atoms with Crippen LogP contribution in [0.5, 0.6) is 0 Å². The van der Waals surface area contributed by atoms with Crippen LogP contribution < -0.4 is 11.3 Å². The lowest BCUT2D eigenvalue weighted by Gasteiger charge is -2.41. The van der Waals surface area contributed by atoms with Crippen LogP contribution in [0.25, 0.3) is 0 Å². The highest BCUT2D eigenvalue weighted by molar-refractivity contribution is 5.21. The Morgan fingerprint density at radius 3 is 2.85 bits per heavy atom. The molecule has 3 rings (SSSR count). The fourth-order valence-electron chi connectivity index (χ4n) is 3.92. The van der Waals surface area contributed by atoms with Gasteiger partial charge in [0.1, 0.15) is 5.82 Å². The zero-order valence-corrected chi connectivity index (χ0v) is 11.8. The number of benzene rings is 1. The third kappa shape index (κ3) is 2.73. The number of nitrogens with one attached hydrogen (secondary N) is 1. The van der Waals surface area contributed by atoms with E-state index in [0.29, 0.717) is 5.92 Å². The van der Waals surface area contributed by atoms with Crippen molar-refractivity contribution in [3.05, 3.63) is 35.6 Å². The first-order valence-corrected chi connectivity index (χ1v) is 7.58. The van der Waals surface area contributed by atoms with Crippen molar-refractivity contribution in [3.8, 4) is 0 Å². The van der Waals surface area contributed by atoms with Crippen LogP contribution in [0.4, 0.5) is 4.39 Å². The van der Waals surface area contributed by atoms with Crippen molar-refractivity contribution < 1.29 is 9.13 Å². The number of hydrogen-bond acceptors (Lipinski definition) is 3. The Hall–Kier alpha value is -0.970. The zero-order chi connectivity index (χ0) is 14.0. The van der Waals surface area contributed by atoms with Gasteiger partial charge in [-0.05, 0) is 49.3 Å². The van der Waals surface area contributed by atoms with E-state index in [-0.39, 0.29) is 17.5 Å². The molecule has 0 bridgehead atoms. The van der Waals surface area contributed by atoms with Crippen LogP contribution in [0.3, 0.4) is 0 Å². The van der Waals surface area contributed by atoms with E-state index < -0.39 is 0 Å². The van der Waals surface area contributed by atoms with Gasteiger partial charge in [-0.15, -0.1) is 0 Å². The van der Waals surface area contributed by atoms with Crippen molar-refractivity contribution >= 4 is 0 Å². The van der Waals surface area contributed by atoms with E-state index in [2.05, 4.69) is 5.43 Å². The van der Waals surface area contributed by atoms with Crippen molar-refractivity contribution in [2.45, 2.75) is 50.2 Å². The topological polar surface area (TPSA) is 47.3 Å². The summed E-state index contributed by atoms with van der Waals surface area (Å²) in [5.41, 5.74) is 3.90. The highest BCUT2D eigenvalue weighted by atomic mass is 19.1. The Balaban J connectivity index is 1.78. The molecule has 110 valence electrons. The van der Waals surface area contributed by atoms with E-state index in [1.54, 1.807) is 12.1 Å². The molecular formula is C16H23FN2O. The van der Waals surface area contributed by atoms with Gasteiger partial charge in [-0.3, -0.25) is 11.3 Å². The molecule has 1 saturated carbocycles. The molecule has 20 heavy (non-hydrogen) atoms. The largest absolute Gasteiger partial charge is 0.375 e. The predicted octanol–water partition coefficient (Wildman–Crippen LogP) is 3.07. The number of hydrogen-bond donors (Lipinski definition) is 2. The molecule has 2 aliphatic rings. The molecule has 1 aliphatic heterocycles. The van der Waals surface area contributed by atoms with E-state index in [4.69, 9.17) is 10.6 Å². The molecule has 2 fully saturated rings. The molecule has 0 aromatic heterocycles. The van der Waals surface area contributed by atoms with Crippen molar-refractivity contribution in [2.75, 3.05) is 6.61 Å². The molecular weight excluding hydrogens is 255 g/mol. The minimum atomic E-state index is -0.203. The Kier molecular flexibility index (Phi) is 4.06. The van der Waals surface area contributed by atoms with Crippen molar-refractivity contribution in [1.82, 2.24) is 5.43 Å². The summed E-state index contributed by atoms with van der Waals surface area (Å²) >= 11 is 0. The van der Waals surface area contributed by atoms with E-state index in [1.807, 2.05) is 6.07 Å². The van der Waals surface area contributed by atoms with Gasteiger partial charge in [0.25, 0.3) is 0 Å². The van der Waals surface area contributed by atoms with Crippen LogP contribution in [0, 0.1) is 11.7 Å². The van der Waals surface area contributed by atoms with Gasteiger partial charge in [-0.2, -0.15) is 0 Å². The third-order valence-corrected chi connectivity index (χ3v) is 4.90. The first-order chi connectivity index (χ1) is 9.72. The Morgan fingerprint density at radius 1 is 1.35 bits per heavy atom. The summed E-state index contributed by atoms with van der Waals surface area (Å²) in [6.07, 6.45) is 6.83. The maximum atomic E-state index is 13.4. The second-order valence-electron chi connectivity index (χ2n) is 6.19. The minimum Gasteiger partial charge on any atom is -0.375 e. The molecule has 0 radical (unpaired) electrons. The third-order valence-electron chi connectivity index (χ3n) is 4.90. The maximum Gasteiger partial charge on any atom is 0.123 e. The van der Waals surface area contributed by atoms with Gasteiger partial charge in [-0.1, -0.05) is 25.0 Å². The van der Waals surface area contributed by atoms with Gasteiger partial charge in [0.2, 0.25) is 0 Å². The average molecular weight is 278 g/mol. The monoisotopic (exact) mass is 278 g/mol. The Labute approximate surface area is 119 Å². The SMILES string of the molecule is NNC(c1cccc(F)c1)C1CCOC2(CCCC2)C1. The number of nitrogens with two attached hydrogens (primary N) is 1. The van der Waals surface area contributed by atoms with Crippen molar-refractivity contribution in [2.24, 2.45) is 11.8 Å². The Bertz CT molecular complexity index is 460. The van der Waals surface area contributed by atoms with Gasteiger partial charge < -0.3 is 4.74 Å². The summed E-state index contributed by atoms with van der Waals surface area (Å²) in [5, 5.41) is 0. The highest BCUT2D eigenvalue weighted by Gasteiger charge is 2.42. The molecule has 0 amide bonds. The molecule has 1 spiro atoms. The van der Waals surface area contributed by atoms with Crippen molar-refractivity contribution in [3.63, 3.8) is 0 Å². The van der Waals surface area contributed by atoms with Gasteiger partial charge >= 0.3 is 0 Å². The van der Waals surface area contributed by atoms with E-state index in [9.17, 15) is 4.39 Å². The number of ether oxygens (including phenoxy) is 1. The molecule has 1 saturated heterocycles. The fourth-order valence-corrected chi connectivity index (χ4v) is 3.92. The molecule has 1 aliphatic carbocycles. The minimum absolute atomic E-state index is 0.00655. The maximum absolute atomic E-state index is 13.4. The molecule has 2 atom stereocenters. The highest BCUT2D eigenvalue weighted by Crippen LogP contribution is 2.45. The van der Waals surface area contributed by atoms with Gasteiger partial charge in [0, 0.05) is 12.6 Å². The van der Waals surface area contributed by atoms with Crippen LogP contribution in [-0.2, 0) is 4.74 Å². The first kappa shape index (κ1) is 14.0. The lowest BCUT2D eigenvalue weighted by atomic mass is 9.79. The lowest BCUT2D eigenvalue weighted by Crippen LogP contribution is -2.43. The zero-order valence-electron chi connectivity index (χ0n) is 11.8.